The molecule has 18 heavy (non-hydrogen) atoms. The van der Waals surface area contributed by atoms with Crippen LogP contribution in [0.3, 0.4) is 0 Å². The van der Waals surface area contributed by atoms with Crippen LogP contribution in [-0.2, 0) is 9.47 Å². The molecule has 0 aliphatic heterocycles. The van der Waals surface area contributed by atoms with Gasteiger partial charge in [-0.1, -0.05) is 19.1 Å². The van der Waals surface area contributed by atoms with E-state index >= 15 is 0 Å². The van der Waals surface area contributed by atoms with Crippen LogP contribution in [0.15, 0.2) is 24.3 Å². The van der Waals surface area contributed by atoms with E-state index in [-0.39, 0.29) is 18.0 Å². The van der Waals surface area contributed by atoms with Crippen LogP contribution >= 0.6 is 0 Å². The van der Waals surface area contributed by atoms with Gasteiger partial charge in [0.15, 0.2) is 0 Å². The van der Waals surface area contributed by atoms with E-state index in [1.807, 2.05) is 6.92 Å². The minimum atomic E-state index is -0.248. The van der Waals surface area contributed by atoms with E-state index in [1.165, 1.54) is 12.1 Å². The number of ether oxygens (including phenoxy) is 2. The fourth-order valence-electron chi connectivity index (χ4n) is 1.75. The van der Waals surface area contributed by atoms with Crippen molar-refractivity contribution >= 4 is 0 Å². The molecule has 0 radical (unpaired) electrons. The molecular formula is C14H22FNO2. The summed E-state index contributed by atoms with van der Waals surface area (Å²) < 4.78 is 23.7. The van der Waals surface area contributed by atoms with Crippen LogP contribution in [0, 0.1) is 5.82 Å². The fourth-order valence-corrected chi connectivity index (χ4v) is 1.75. The maximum Gasteiger partial charge on any atom is 0.123 e. The minimum Gasteiger partial charge on any atom is -0.385 e. The Morgan fingerprint density at radius 3 is 2.44 bits per heavy atom. The van der Waals surface area contributed by atoms with Crippen molar-refractivity contribution in [2.45, 2.75) is 31.9 Å². The summed E-state index contributed by atoms with van der Waals surface area (Å²) in [6.07, 6.45) is 1.45. The molecule has 2 N–H and O–H groups in total. The van der Waals surface area contributed by atoms with Crippen LogP contribution in [-0.4, -0.2) is 26.4 Å². The Kier molecular flexibility index (Phi) is 6.86. The van der Waals surface area contributed by atoms with Crippen LogP contribution in [0.5, 0.6) is 0 Å². The molecule has 0 amide bonds. The SMILES string of the molecule is CCC(N)C(OCCCOC)c1ccc(F)cc1. The molecule has 2 atom stereocenters. The summed E-state index contributed by atoms with van der Waals surface area (Å²) in [5.41, 5.74) is 6.97. The first kappa shape index (κ1) is 15.1. The van der Waals surface area contributed by atoms with E-state index in [0.717, 1.165) is 18.4 Å². The monoisotopic (exact) mass is 255 g/mol. The predicted octanol–water partition coefficient (Wildman–Crippen LogP) is 2.66. The van der Waals surface area contributed by atoms with Crippen molar-refractivity contribution in [1.82, 2.24) is 0 Å². The van der Waals surface area contributed by atoms with E-state index in [1.54, 1.807) is 19.2 Å². The maximum absolute atomic E-state index is 12.9. The third-order valence-electron chi connectivity index (χ3n) is 2.85. The third-order valence-corrected chi connectivity index (χ3v) is 2.85. The first-order valence-electron chi connectivity index (χ1n) is 6.30. The van der Waals surface area contributed by atoms with Gasteiger partial charge < -0.3 is 15.2 Å². The lowest BCUT2D eigenvalue weighted by Crippen LogP contribution is -2.30. The highest BCUT2D eigenvalue weighted by Gasteiger charge is 2.19. The quantitative estimate of drug-likeness (QED) is 0.726. The molecule has 0 spiro atoms. The minimum absolute atomic E-state index is 0.0852. The van der Waals surface area contributed by atoms with Gasteiger partial charge in [0.1, 0.15) is 5.82 Å². The highest BCUT2D eigenvalue weighted by molar-refractivity contribution is 5.20. The maximum atomic E-state index is 12.9. The van der Waals surface area contributed by atoms with Crippen molar-refractivity contribution < 1.29 is 13.9 Å². The predicted molar refractivity (Wildman–Crippen MR) is 69.9 cm³/mol. The van der Waals surface area contributed by atoms with E-state index in [0.29, 0.717) is 13.2 Å². The van der Waals surface area contributed by atoms with Gasteiger partial charge in [0.05, 0.1) is 6.10 Å². The molecule has 0 aromatic heterocycles. The lowest BCUT2D eigenvalue weighted by molar-refractivity contribution is 0.0222. The molecule has 2 unspecified atom stereocenters. The van der Waals surface area contributed by atoms with E-state index in [9.17, 15) is 4.39 Å². The zero-order valence-electron chi connectivity index (χ0n) is 11.1. The molecule has 102 valence electrons. The summed E-state index contributed by atoms with van der Waals surface area (Å²) in [5, 5.41) is 0. The van der Waals surface area contributed by atoms with Gasteiger partial charge in [0.25, 0.3) is 0 Å². The van der Waals surface area contributed by atoms with Crippen LogP contribution < -0.4 is 5.73 Å². The number of hydrogen-bond donors (Lipinski definition) is 1. The second kappa shape index (κ2) is 8.19. The zero-order chi connectivity index (χ0) is 13.4. The van der Waals surface area contributed by atoms with E-state index in [2.05, 4.69) is 0 Å². The summed E-state index contributed by atoms with van der Waals surface area (Å²) in [5.74, 6) is -0.248. The standard InChI is InChI=1S/C14H22FNO2/c1-3-13(16)14(18-10-4-9-17-2)11-5-7-12(15)8-6-11/h5-8,13-14H,3-4,9-10,16H2,1-2H3. The Hall–Kier alpha value is -0.970. The van der Waals surface area contributed by atoms with Gasteiger partial charge in [-0.25, -0.2) is 4.39 Å². The highest BCUT2D eigenvalue weighted by atomic mass is 19.1. The first-order valence-corrected chi connectivity index (χ1v) is 6.30. The number of halogens is 1. The molecule has 1 rings (SSSR count). The topological polar surface area (TPSA) is 44.5 Å². The molecule has 0 saturated carbocycles. The Balaban J connectivity index is 2.63. The number of benzene rings is 1. The Morgan fingerprint density at radius 1 is 1.22 bits per heavy atom. The van der Waals surface area contributed by atoms with Gasteiger partial charge in [0.2, 0.25) is 0 Å². The summed E-state index contributed by atoms with van der Waals surface area (Å²) in [6, 6.07) is 6.24. The number of rotatable bonds is 8. The number of hydrogen-bond acceptors (Lipinski definition) is 3. The second-order valence-corrected chi connectivity index (χ2v) is 4.26. The Morgan fingerprint density at radius 2 is 1.89 bits per heavy atom. The Bertz CT molecular complexity index is 329. The molecule has 0 aliphatic carbocycles. The van der Waals surface area contributed by atoms with Gasteiger partial charge >= 0.3 is 0 Å². The van der Waals surface area contributed by atoms with E-state index in [4.69, 9.17) is 15.2 Å². The Labute approximate surface area is 108 Å². The molecule has 1 aromatic rings. The van der Waals surface area contributed by atoms with Gasteiger partial charge in [-0.05, 0) is 30.5 Å². The summed E-state index contributed by atoms with van der Waals surface area (Å²) in [4.78, 5) is 0. The molecule has 0 saturated heterocycles. The second-order valence-electron chi connectivity index (χ2n) is 4.26. The average molecular weight is 255 g/mol. The van der Waals surface area contributed by atoms with Gasteiger partial charge in [-0.3, -0.25) is 0 Å². The average Bonchev–Trinajstić information content (AvgIpc) is 2.39. The number of nitrogens with two attached hydrogens (primary N) is 1. The van der Waals surface area contributed by atoms with Crippen molar-refractivity contribution in [2.75, 3.05) is 20.3 Å². The fraction of sp³-hybridized carbons (Fsp3) is 0.571. The lowest BCUT2D eigenvalue weighted by Gasteiger charge is -2.24. The van der Waals surface area contributed by atoms with Crippen molar-refractivity contribution in [3.8, 4) is 0 Å². The first-order chi connectivity index (χ1) is 8.69. The smallest absolute Gasteiger partial charge is 0.123 e. The van der Waals surface area contributed by atoms with Gasteiger partial charge in [-0.15, -0.1) is 0 Å². The molecule has 0 heterocycles. The molecule has 0 bridgehead atoms. The lowest BCUT2D eigenvalue weighted by atomic mass is 10.0. The van der Waals surface area contributed by atoms with Crippen molar-refractivity contribution in [2.24, 2.45) is 5.73 Å². The van der Waals surface area contributed by atoms with Gasteiger partial charge in [-0.2, -0.15) is 0 Å². The molecule has 3 nitrogen and oxygen atoms in total. The van der Waals surface area contributed by atoms with Crippen LogP contribution in [0.4, 0.5) is 4.39 Å². The molecule has 0 aliphatic rings. The number of methoxy groups -OCH3 is 1. The molecule has 0 fully saturated rings. The zero-order valence-corrected chi connectivity index (χ0v) is 11.1. The normalized spacial score (nSPS) is 14.4. The van der Waals surface area contributed by atoms with Gasteiger partial charge in [0, 0.05) is 26.4 Å². The van der Waals surface area contributed by atoms with Crippen LogP contribution in [0.1, 0.15) is 31.4 Å². The summed E-state index contributed by atoms with van der Waals surface area (Å²) >= 11 is 0. The summed E-state index contributed by atoms with van der Waals surface area (Å²) in [7, 11) is 1.66. The van der Waals surface area contributed by atoms with E-state index < -0.39 is 0 Å². The highest BCUT2D eigenvalue weighted by Crippen LogP contribution is 2.22. The largest absolute Gasteiger partial charge is 0.385 e. The molecule has 4 heteroatoms. The third kappa shape index (κ3) is 4.72. The van der Waals surface area contributed by atoms with Crippen molar-refractivity contribution in [1.29, 1.82) is 0 Å². The van der Waals surface area contributed by atoms with Crippen molar-refractivity contribution in [3.05, 3.63) is 35.6 Å². The van der Waals surface area contributed by atoms with Crippen LogP contribution in [0.25, 0.3) is 0 Å². The summed E-state index contributed by atoms with van der Waals surface area (Å²) in [6.45, 7) is 3.26. The van der Waals surface area contributed by atoms with Crippen molar-refractivity contribution in [3.63, 3.8) is 0 Å². The molecular weight excluding hydrogens is 233 g/mol. The van der Waals surface area contributed by atoms with Crippen LogP contribution in [0.2, 0.25) is 0 Å². The molecule has 1 aromatic carbocycles.